The van der Waals surface area contributed by atoms with Crippen LogP contribution in [-0.4, -0.2) is 58.7 Å². The third-order valence-corrected chi connectivity index (χ3v) is 10.2. The Kier molecular flexibility index (Phi) is 21.6. The summed E-state index contributed by atoms with van der Waals surface area (Å²) in [5, 5.41) is 0. The van der Waals surface area contributed by atoms with Crippen molar-refractivity contribution < 1.29 is 18.7 Å². The lowest BCUT2D eigenvalue weighted by Crippen LogP contribution is -2.50. The minimum atomic E-state index is 0.477. The van der Waals surface area contributed by atoms with E-state index in [1.807, 2.05) is 0 Å². The van der Waals surface area contributed by atoms with E-state index in [-0.39, 0.29) is 0 Å². The van der Waals surface area contributed by atoms with E-state index in [9.17, 15) is 0 Å². The number of unbranched alkanes of at least 4 members (excludes halogenated alkanes) is 5. The maximum atomic E-state index is 5.40. The second kappa shape index (κ2) is 25.1. The minimum absolute atomic E-state index is 0.477. The van der Waals surface area contributed by atoms with Crippen LogP contribution in [-0.2, 0) is 12.6 Å². The molecule has 3 aromatic carbocycles. The molecule has 1 unspecified atom stereocenters. The van der Waals surface area contributed by atoms with Gasteiger partial charge in [0.15, 0.2) is 6.71 Å². The molecule has 0 amide bonds. The number of quaternary nitrogens is 1. The van der Waals surface area contributed by atoms with E-state index in [1.54, 1.807) is 21.3 Å². The van der Waals surface area contributed by atoms with E-state index in [1.165, 1.54) is 118 Å². The Labute approximate surface area is 302 Å². The highest BCUT2D eigenvalue weighted by Gasteiger charge is 2.28. The molecule has 0 N–H and O–H groups in total. The third kappa shape index (κ3) is 15.7. The van der Waals surface area contributed by atoms with Crippen molar-refractivity contribution in [3.63, 3.8) is 0 Å². The monoisotopic (exact) mass is 673 g/mol. The maximum absolute atomic E-state index is 5.40. The summed E-state index contributed by atoms with van der Waals surface area (Å²) < 4.78 is 17.5. The molecule has 3 aromatic rings. The van der Waals surface area contributed by atoms with Gasteiger partial charge in [-0.1, -0.05) is 133 Å². The fourth-order valence-electron chi connectivity index (χ4n) is 7.08. The SMILES string of the molecule is CCCCC(B(Cc1ccc(OC)cc1)Cc1ccc(OC)cc1)c1ccc(OC)cc1.CCCC[N+](CCCC)(CCCC)CCCC. The van der Waals surface area contributed by atoms with Gasteiger partial charge in [0.05, 0.1) is 47.5 Å². The van der Waals surface area contributed by atoms with Gasteiger partial charge in [0.25, 0.3) is 0 Å². The van der Waals surface area contributed by atoms with Crippen LogP contribution in [0.25, 0.3) is 0 Å². The second-order valence-electron chi connectivity index (χ2n) is 14.0. The zero-order valence-electron chi connectivity index (χ0n) is 32.8. The van der Waals surface area contributed by atoms with Crippen molar-refractivity contribution in [1.29, 1.82) is 0 Å². The summed E-state index contributed by atoms with van der Waals surface area (Å²) in [4.78, 5) is 0. The summed E-state index contributed by atoms with van der Waals surface area (Å²) in [6, 6.07) is 25.7. The molecule has 0 spiro atoms. The number of benzene rings is 3. The van der Waals surface area contributed by atoms with Gasteiger partial charge in [0.2, 0.25) is 0 Å². The maximum Gasteiger partial charge on any atom is 0.157 e. The van der Waals surface area contributed by atoms with Gasteiger partial charge in [-0.15, -0.1) is 0 Å². The highest BCUT2D eigenvalue weighted by atomic mass is 16.5. The Morgan fingerprint density at radius 2 is 0.796 bits per heavy atom. The average Bonchev–Trinajstić information content (AvgIpc) is 3.15. The fraction of sp³-hybridized carbons (Fsp3) is 0.591. The topological polar surface area (TPSA) is 27.7 Å². The van der Waals surface area contributed by atoms with Crippen molar-refractivity contribution in [3.05, 3.63) is 89.5 Å². The predicted molar refractivity (Wildman–Crippen MR) is 214 cm³/mol. The zero-order valence-corrected chi connectivity index (χ0v) is 32.8. The van der Waals surface area contributed by atoms with Crippen molar-refractivity contribution in [2.45, 2.75) is 124 Å². The number of hydrogen-bond donors (Lipinski definition) is 0. The summed E-state index contributed by atoms with van der Waals surface area (Å²) in [6.45, 7) is 17.8. The van der Waals surface area contributed by atoms with Crippen molar-refractivity contribution in [3.8, 4) is 17.2 Å². The van der Waals surface area contributed by atoms with Gasteiger partial charge in [-0.2, -0.15) is 0 Å². The lowest BCUT2D eigenvalue weighted by molar-refractivity contribution is -0.929. The van der Waals surface area contributed by atoms with Crippen molar-refractivity contribution in [1.82, 2.24) is 0 Å². The van der Waals surface area contributed by atoms with E-state index in [2.05, 4.69) is 107 Å². The molecule has 0 heterocycles. The van der Waals surface area contributed by atoms with Crippen LogP contribution in [0, 0.1) is 0 Å². The molecule has 0 aliphatic rings. The standard InChI is InChI=1S/C28H35BO3.C16H36N/c1-5-6-7-28(24-12-18-27(32-4)19-13-24)29(20-22-8-14-25(30-2)15-9-22)21-23-10-16-26(31-3)17-11-23;1-5-9-13-17(14-10-6-2,15-11-7-3)16-12-8-4/h8-19,28H,5-7,20-21H2,1-4H3;5-16H2,1-4H3/q;+1. The first-order valence-corrected chi connectivity index (χ1v) is 19.7. The van der Waals surface area contributed by atoms with Gasteiger partial charge < -0.3 is 18.7 Å². The molecule has 4 nitrogen and oxygen atoms in total. The number of hydrogen-bond acceptors (Lipinski definition) is 3. The Morgan fingerprint density at radius 3 is 1.10 bits per heavy atom. The van der Waals surface area contributed by atoms with E-state index >= 15 is 0 Å². The van der Waals surface area contributed by atoms with Crippen molar-refractivity contribution in [2.75, 3.05) is 47.5 Å². The molecule has 272 valence electrons. The van der Waals surface area contributed by atoms with Crippen LogP contribution in [0.4, 0.5) is 0 Å². The minimum Gasteiger partial charge on any atom is -0.497 e. The molecule has 0 radical (unpaired) electrons. The molecule has 5 heteroatoms. The molecule has 0 saturated carbocycles. The second-order valence-corrected chi connectivity index (χ2v) is 14.0. The largest absolute Gasteiger partial charge is 0.497 e. The van der Waals surface area contributed by atoms with Gasteiger partial charge in [0.1, 0.15) is 17.2 Å². The number of rotatable bonds is 24. The number of nitrogens with zero attached hydrogens (tertiary/aromatic N) is 1. The number of ether oxygens (including phenoxy) is 3. The van der Waals surface area contributed by atoms with E-state index in [4.69, 9.17) is 14.2 Å². The summed E-state index contributed by atoms with van der Waals surface area (Å²) in [5.41, 5.74) is 4.09. The molecular weight excluding hydrogens is 601 g/mol. The lowest BCUT2D eigenvalue weighted by Gasteiger charge is -2.39. The first-order chi connectivity index (χ1) is 23.9. The van der Waals surface area contributed by atoms with Crippen LogP contribution in [0.15, 0.2) is 72.8 Å². The van der Waals surface area contributed by atoms with Crippen molar-refractivity contribution in [2.24, 2.45) is 0 Å². The van der Waals surface area contributed by atoms with Crippen LogP contribution in [0.1, 0.15) is 128 Å². The van der Waals surface area contributed by atoms with Crippen LogP contribution in [0.2, 0.25) is 0 Å². The Morgan fingerprint density at radius 1 is 0.469 bits per heavy atom. The smallest absolute Gasteiger partial charge is 0.157 e. The average molecular weight is 673 g/mol. The predicted octanol–water partition coefficient (Wildman–Crippen LogP) is 11.6. The Balaban J connectivity index is 0.000000417. The van der Waals surface area contributed by atoms with Crippen LogP contribution >= 0.6 is 0 Å². The van der Waals surface area contributed by atoms with Crippen molar-refractivity contribution >= 4 is 6.71 Å². The molecule has 0 saturated heterocycles. The summed E-state index contributed by atoms with van der Waals surface area (Å²) in [5.74, 6) is 3.19. The summed E-state index contributed by atoms with van der Waals surface area (Å²) >= 11 is 0. The van der Waals surface area contributed by atoms with Gasteiger partial charge in [-0.3, -0.25) is 0 Å². The van der Waals surface area contributed by atoms with Gasteiger partial charge >= 0.3 is 0 Å². The normalized spacial score (nSPS) is 11.8. The lowest BCUT2D eigenvalue weighted by atomic mass is 9.34. The Bertz CT molecular complexity index is 1130. The molecule has 3 rings (SSSR count). The summed E-state index contributed by atoms with van der Waals surface area (Å²) in [7, 11) is 5.15. The summed E-state index contributed by atoms with van der Waals surface area (Å²) in [6.07, 6.45) is 16.7. The van der Waals surface area contributed by atoms with Gasteiger partial charge in [0, 0.05) is 0 Å². The zero-order chi connectivity index (χ0) is 35.7. The van der Waals surface area contributed by atoms with E-state index < -0.39 is 0 Å². The van der Waals surface area contributed by atoms with E-state index in [0.717, 1.165) is 29.9 Å². The molecule has 0 aromatic heterocycles. The van der Waals surface area contributed by atoms with Crippen LogP contribution in [0.5, 0.6) is 17.2 Å². The molecule has 1 atom stereocenters. The molecule has 0 fully saturated rings. The van der Waals surface area contributed by atoms with E-state index in [0.29, 0.717) is 12.5 Å². The highest BCUT2D eigenvalue weighted by Crippen LogP contribution is 2.31. The Hall–Kier alpha value is -2.92. The van der Waals surface area contributed by atoms with Gasteiger partial charge in [-0.25, -0.2) is 0 Å². The fourth-order valence-corrected chi connectivity index (χ4v) is 7.08. The van der Waals surface area contributed by atoms with Crippen LogP contribution in [0.3, 0.4) is 0 Å². The first kappa shape index (κ1) is 42.3. The molecule has 0 aliphatic heterocycles. The van der Waals surface area contributed by atoms with Gasteiger partial charge in [-0.05, 0) is 80.5 Å². The highest BCUT2D eigenvalue weighted by molar-refractivity contribution is 6.59. The first-order valence-electron chi connectivity index (χ1n) is 19.7. The molecule has 49 heavy (non-hydrogen) atoms. The van der Waals surface area contributed by atoms with Crippen LogP contribution < -0.4 is 14.2 Å². The quantitative estimate of drug-likeness (QED) is 0.0700. The molecule has 0 bridgehead atoms. The number of methoxy groups -OCH3 is 3. The molecular formula is C44H71BNO3+. The molecule has 0 aliphatic carbocycles. The third-order valence-electron chi connectivity index (χ3n) is 10.2.